The molecule has 0 N–H and O–H groups in total. The molecule has 0 atom stereocenters. The molecule has 0 fully saturated rings. The Morgan fingerprint density at radius 3 is 1.15 bits per heavy atom. The summed E-state index contributed by atoms with van der Waals surface area (Å²) < 4.78 is 40.3. The second-order valence-electron chi connectivity index (χ2n) is 12.4. The fourth-order valence-electron chi connectivity index (χ4n) is 6.43. The first-order valence-electron chi connectivity index (χ1n) is 17.2. The number of rotatable bonds is 24. The van der Waals surface area contributed by atoms with E-state index in [-0.39, 0.29) is 0 Å². The van der Waals surface area contributed by atoms with Crippen LogP contribution in [-0.2, 0) is 6.18 Å². The third-order valence-corrected chi connectivity index (χ3v) is 14.3. The first-order chi connectivity index (χ1) is 19.9. The third-order valence-electron chi connectivity index (χ3n) is 9.01. The van der Waals surface area contributed by atoms with E-state index in [0.29, 0.717) is 0 Å². The van der Waals surface area contributed by atoms with Crippen molar-refractivity contribution in [2.75, 3.05) is 12.3 Å². The van der Waals surface area contributed by atoms with E-state index in [0.717, 1.165) is 12.3 Å². The summed E-state index contributed by atoms with van der Waals surface area (Å²) in [6.45, 7) is 4.53. The van der Waals surface area contributed by atoms with Gasteiger partial charge in [-0.25, -0.2) is 0 Å². The SMILES string of the molecule is CCCCCCCCCCCC[PH](CCCCCCCCCCCC)(c1ccccc1)c1ccc(C(F)(F)F)cc1. The molecule has 2 aromatic carbocycles. The Kier molecular flexibility index (Phi) is 18.7. The predicted molar refractivity (Wildman–Crippen MR) is 179 cm³/mol. The number of hydrogen-bond donors (Lipinski definition) is 0. The second kappa shape index (κ2) is 21.4. The van der Waals surface area contributed by atoms with Crippen molar-refractivity contribution in [3.05, 3.63) is 60.2 Å². The molecule has 0 amide bonds. The Morgan fingerprint density at radius 1 is 0.439 bits per heavy atom. The molecule has 0 aliphatic rings. The van der Waals surface area contributed by atoms with Crippen LogP contribution in [0.4, 0.5) is 13.2 Å². The Labute approximate surface area is 251 Å². The van der Waals surface area contributed by atoms with Crippen molar-refractivity contribution < 1.29 is 13.2 Å². The van der Waals surface area contributed by atoms with Gasteiger partial charge < -0.3 is 0 Å². The molecule has 0 aliphatic carbocycles. The fraction of sp³-hybridized carbons (Fsp3) is 0.676. The monoisotopic (exact) mass is 592 g/mol. The molecule has 0 saturated heterocycles. The molecule has 0 unspecified atom stereocenters. The normalized spacial score (nSPS) is 12.6. The van der Waals surface area contributed by atoms with Gasteiger partial charge in [0, 0.05) is 0 Å². The first-order valence-corrected chi connectivity index (χ1v) is 19.6. The van der Waals surface area contributed by atoms with Crippen LogP contribution in [0.15, 0.2) is 54.6 Å². The van der Waals surface area contributed by atoms with Crippen LogP contribution in [0.25, 0.3) is 0 Å². The Bertz CT molecular complexity index is 851. The number of alkyl halides is 3. The zero-order valence-electron chi connectivity index (χ0n) is 26.4. The molecular weight excluding hydrogens is 532 g/mol. The topological polar surface area (TPSA) is 0 Å². The summed E-state index contributed by atoms with van der Waals surface area (Å²) in [5.41, 5.74) is -0.532. The Morgan fingerprint density at radius 2 is 0.780 bits per heavy atom. The average molecular weight is 593 g/mol. The van der Waals surface area contributed by atoms with Crippen LogP contribution in [-0.4, -0.2) is 12.3 Å². The molecule has 0 nitrogen and oxygen atoms in total. The van der Waals surface area contributed by atoms with Gasteiger partial charge >= 0.3 is 252 Å². The maximum atomic E-state index is 13.4. The minimum absolute atomic E-state index is 0.532. The quantitative estimate of drug-likeness (QED) is 0.0840. The van der Waals surface area contributed by atoms with Gasteiger partial charge in [0.15, 0.2) is 0 Å². The molecular formula is C37H60F3P. The van der Waals surface area contributed by atoms with Crippen LogP contribution in [0.3, 0.4) is 0 Å². The number of benzene rings is 2. The van der Waals surface area contributed by atoms with E-state index < -0.39 is 19.0 Å². The van der Waals surface area contributed by atoms with Crippen LogP contribution in [0.5, 0.6) is 0 Å². The van der Waals surface area contributed by atoms with Crippen LogP contribution in [0.2, 0.25) is 0 Å². The predicted octanol–water partition coefficient (Wildman–Crippen LogP) is 12.2. The second-order valence-corrected chi connectivity index (χ2v) is 16.7. The summed E-state index contributed by atoms with van der Waals surface area (Å²) in [4.78, 5) is 0. The fourth-order valence-corrected chi connectivity index (χ4v) is 11.5. The molecule has 0 saturated carbocycles. The van der Waals surface area contributed by atoms with Gasteiger partial charge in [0.2, 0.25) is 0 Å². The van der Waals surface area contributed by atoms with Gasteiger partial charge in [-0.15, -0.1) is 0 Å². The van der Waals surface area contributed by atoms with Crippen molar-refractivity contribution in [1.82, 2.24) is 0 Å². The first kappa shape index (κ1) is 35.9. The zero-order valence-corrected chi connectivity index (χ0v) is 27.4. The molecule has 234 valence electrons. The summed E-state index contributed by atoms with van der Waals surface area (Å²) in [6.07, 6.45) is 24.1. The number of unbranched alkanes of at least 4 members (excludes halogenated alkanes) is 18. The van der Waals surface area contributed by atoms with Crippen LogP contribution in [0.1, 0.15) is 148 Å². The van der Waals surface area contributed by atoms with Gasteiger partial charge in [-0.1, -0.05) is 0 Å². The van der Waals surface area contributed by atoms with Gasteiger partial charge in [-0.05, 0) is 0 Å². The van der Waals surface area contributed by atoms with E-state index in [9.17, 15) is 13.2 Å². The molecule has 0 bridgehead atoms. The maximum absolute atomic E-state index is 13.4. The van der Waals surface area contributed by atoms with Crippen molar-refractivity contribution >= 4 is 17.9 Å². The number of halogens is 3. The van der Waals surface area contributed by atoms with E-state index in [1.54, 1.807) is 0 Å². The van der Waals surface area contributed by atoms with E-state index in [4.69, 9.17) is 0 Å². The van der Waals surface area contributed by atoms with Crippen LogP contribution in [0, 0.1) is 0 Å². The van der Waals surface area contributed by atoms with Crippen LogP contribution < -0.4 is 10.6 Å². The van der Waals surface area contributed by atoms with Crippen molar-refractivity contribution in [3.8, 4) is 0 Å². The minimum atomic E-state index is -4.29. The van der Waals surface area contributed by atoms with E-state index >= 15 is 0 Å². The third kappa shape index (κ3) is 14.1. The van der Waals surface area contributed by atoms with Crippen molar-refractivity contribution in [2.45, 2.75) is 148 Å². The van der Waals surface area contributed by atoms with E-state index in [1.165, 1.54) is 151 Å². The Hall–Kier alpha value is -1.34. The summed E-state index contributed by atoms with van der Waals surface area (Å²) >= 11 is 0. The molecule has 2 aromatic rings. The molecule has 2 rings (SSSR count). The molecule has 0 spiro atoms. The standard InChI is InChI=1S/C37H60F3P/c1-3-5-7-9-11-13-15-17-19-24-32-41(35-26-22-21-23-27-35,36-30-28-34(29-31-36)37(38,39)40)33-25-20-18-16-14-12-10-8-6-4-2/h21-23,26-31,41H,3-20,24-25,32-33H2,1-2H3. The van der Waals surface area contributed by atoms with Gasteiger partial charge in [0.05, 0.1) is 0 Å². The molecule has 0 aliphatic heterocycles. The van der Waals surface area contributed by atoms with Gasteiger partial charge in [0.1, 0.15) is 0 Å². The zero-order chi connectivity index (χ0) is 29.7. The molecule has 41 heavy (non-hydrogen) atoms. The summed E-state index contributed by atoms with van der Waals surface area (Å²) in [5, 5.41) is 2.58. The van der Waals surface area contributed by atoms with E-state index in [1.807, 2.05) is 12.1 Å². The average Bonchev–Trinajstić information content (AvgIpc) is 2.98. The van der Waals surface area contributed by atoms with Gasteiger partial charge in [-0.2, -0.15) is 0 Å². The summed E-state index contributed by atoms with van der Waals surface area (Å²) in [7, 11) is -2.18. The van der Waals surface area contributed by atoms with E-state index in [2.05, 4.69) is 44.2 Å². The van der Waals surface area contributed by atoms with Gasteiger partial charge in [0.25, 0.3) is 0 Å². The molecule has 0 aromatic heterocycles. The van der Waals surface area contributed by atoms with Crippen molar-refractivity contribution in [2.24, 2.45) is 0 Å². The van der Waals surface area contributed by atoms with Crippen molar-refractivity contribution in [3.63, 3.8) is 0 Å². The summed E-state index contributed by atoms with van der Waals surface area (Å²) in [6, 6.07) is 17.2. The Balaban J connectivity index is 2.04. The molecule has 4 heteroatoms. The summed E-state index contributed by atoms with van der Waals surface area (Å²) in [5.74, 6) is 0. The molecule has 0 heterocycles. The van der Waals surface area contributed by atoms with Crippen molar-refractivity contribution in [1.29, 1.82) is 0 Å². The van der Waals surface area contributed by atoms with Gasteiger partial charge in [-0.3, -0.25) is 0 Å². The number of hydrogen-bond acceptors (Lipinski definition) is 0. The van der Waals surface area contributed by atoms with Crippen LogP contribution >= 0.6 is 7.26 Å². The molecule has 0 radical (unpaired) electrons.